The highest BCUT2D eigenvalue weighted by molar-refractivity contribution is 5.94. The number of aromatic nitrogens is 2. The van der Waals surface area contributed by atoms with Gasteiger partial charge in [0.25, 0.3) is 5.88 Å². The number of anilines is 3. The quantitative estimate of drug-likeness (QED) is 0.198. The second-order valence-corrected chi connectivity index (χ2v) is 8.47. The van der Waals surface area contributed by atoms with Gasteiger partial charge in [-0.05, 0) is 49.5 Å². The summed E-state index contributed by atoms with van der Waals surface area (Å²) in [5.74, 6) is 0.00484. The number of aromatic hydroxyl groups is 2. The molecule has 3 heterocycles. The molecule has 4 aromatic rings. The number of hydrogen-bond acceptors (Lipinski definition) is 10. The first-order valence-electron chi connectivity index (χ1n) is 11.2. The van der Waals surface area contributed by atoms with E-state index in [4.69, 9.17) is 4.42 Å². The smallest absolute Gasteiger partial charge is 0.260 e. The van der Waals surface area contributed by atoms with Crippen LogP contribution in [0.2, 0.25) is 0 Å². The van der Waals surface area contributed by atoms with Crippen molar-refractivity contribution in [2.45, 2.75) is 0 Å². The Morgan fingerprint density at radius 1 is 1.03 bits per heavy atom. The maximum absolute atomic E-state index is 15.3. The zero-order valence-corrected chi connectivity index (χ0v) is 19.3. The summed E-state index contributed by atoms with van der Waals surface area (Å²) in [4.78, 5) is 23.9. The van der Waals surface area contributed by atoms with Gasteiger partial charge in [-0.25, -0.2) is 14.4 Å². The molecule has 2 aromatic heterocycles. The van der Waals surface area contributed by atoms with Crippen molar-refractivity contribution in [3.8, 4) is 11.5 Å². The number of phenolic OH excluding ortho intramolecular Hbond substituents is 2. The van der Waals surface area contributed by atoms with E-state index in [9.17, 15) is 15.1 Å². The Morgan fingerprint density at radius 2 is 1.83 bits per heavy atom. The molecule has 1 fully saturated rings. The lowest BCUT2D eigenvalue weighted by molar-refractivity contribution is 0.312. The molecule has 0 atom stereocenters. The monoisotopic (exact) mass is 490 g/mol. The van der Waals surface area contributed by atoms with Crippen LogP contribution < -0.4 is 10.2 Å². The van der Waals surface area contributed by atoms with Gasteiger partial charge in [-0.15, -0.1) is 4.91 Å². The zero-order chi connectivity index (χ0) is 25.2. The molecule has 5 rings (SSSR count). The van der Waals surface area contributed by atoms with Crippen molar-refractivity contribution < 1.29 is 19.0 Å². The Morgan fingerprint density at radius 3 is 2.56 bits per heavy atom. The second-order valence-electron chi connectivity index (χ2n) is 8.47. The Balaban J connectivity index is 1.57. The van der Waals surface area contributed by atoms with Crippen molar-refractivity contribution in [2.24, 2.45) is 5.18 Å². The minimum Gasteiger partial charge on any atom is -0.504 e. The van der Waals surface area contributed by atoms with Gasteiger partial charge in [0.1, 0.15) is 17.4 Å². The summed E-state index contributed by atoms with van der Waals surface area (Å²) in [6, 6.07) is 10.4. The minimum absolute atomic E-state index is 0.0455. The van der Waals surface area contributed by atoms with Crippen LogP contribution in [0.5, 0.6) is 11.5 Å². The number of halogens is 1. The minimum atomic E-state index is -0.389. The molecule has 0 unspecified atom stereocenters. The summed E-state index contributed by atoms with van der Waals surface area (Å²) in [7, 11) is 2.03. The third-order valence-electron chi connectivity index (χ3n) is 5.96. The Hall–Kier alpha value is -4.51. The number of nitroso groups, excluding NO2 is 1. The molecule has 0 bridgehead atoms. The summed E-state index contributed by atoms with van der Waals surface area (Å²) in [5.41, 5.74) is 1.42. The van der Waals surface area contributed by atoms with E-state index in [1.165, 1.54) is 24.3 Å². The molecule has 11 heteroatoms. The van der Waals surface area contributed by atoms with Crippen LogP contribution >= 0.6 is 0 Å². The summed E-state index contributed by atoms with van der Waals surface area (Å²) in [5, 5.41) is 25.8. The highest BCUT2D eigenvalue weighted by atomic mass is 19.1. The van der Waals surface area contributed by atoms with Gasteiger partial charge < -0.3 is 29.7 Å². The Bertz CT molecular complexity index is 1460. The van der Waals surface area contributed by atoms with Crippen molar-refractivity contribution >= 4 is 46.1 Å². The van der Waals surface area contributed by atoms with Gasteiger partial charge in [0.15, 0.2) is 17.3 Å². The molecule has 1 saturated heterocycles. The number of nitrogens with one attached hydrogen (secondary N) is 1. The van der Waals surface area contributed by atoms with Crippen molar-refractivity contribution in [1.29, 1.82) is 0 Å². The van der Waals surface area contributed by atoms with Crippen LogP contribution in [0.25, 0.3) is 23.1 Å². The summed E-state index contributed by atoms with van der Waals surface area (Å²) in [6.07, 6.45) is 3.20. The number of benzene rings is 2. The largest absolute Gasteiger partial charge is 0.504 e. The molecule has 2 aromatic carbocycles. The predicted octanol–water partition coefficient (Wildman–Crippen LogP) is 4.84. The highest BCUT2D eigenvalue weighted by Crippen LogP contribution is 2.33. The normalized spacial score (nSPS) is 14.6. The Labute approximate surface area is 205 Å². The number of rotatable bonds is 6. The van der Waals surface area contributed by atoms with Gasteiger partial charge in [0.2, 0.25) is 0 Å². The van der Waals surface area contributed by atoms with Crippen molar-refractivity contribution in [3.05, 3.63) is 64.8 Å². The van der Waals surface area contributed by atoms with Gasteiger partial charge in [-0.3, -0.25) is 0 Å². The molecule has 3 N–H and O–H groups in total. The molecule has 0 spiro atoms. The predicted molar refractivity (Wildman–Crippen MR) is 135 cm³/mol. The molecular formula is C25H23FN6O4. The lowest BCUT2D eigenvalue weighted by atomic mass is 10.1. The van der Waals surface area contributed by atoms with Crippen LogP contribution in [0.4, 0.5) is 27.5 Å². The average molecular weight is 490 g/mol. The summed E-state index contributed by atoms with van der Waals surface area (Å²) >= 11 is 0. The first-order chi connectivity index (χ1) is 17.4. The standard InChI is InChI=1S/C25H23FN6O4/c1-31-8-10-32(11-9-31)20-14-19-17(13-18(20)26)25(27-15-2-5-21(33)22(34)12-15)29-23(28-19)6-3-16-4-7-24(30-35)36-16/h2-7,12-14,33-34H,8-11H2,1H3,(H,27,28,29)/b6-3+. The van der Waals surface area contributed by atoms with Gasteiger partial charge in [-0.1, -0.05) is 0 Å². The van der Waals surface area contributed by atoms with Crippen LogP contribution in [0.15, 0.2) is 52.1 Å². The van der Waals surface area contributed by atoms with Crippen molar-refractivity contribution in [2.75, 3.05) is 43.4 Å². The maximum atomic E-state index is 15.3. The molecule has 1 aliphatic rings. The molecule has 0 radical (unpaired) electrons. The molecule has 36 heavy (non-hydrogen) atoms. The SMILES string of the molecule is CN1CCN(c2cc3nc(/C=C/c4ccc(N=O)o4)nc(Nc4ccc(O)c(O)c4)c3cc2F)CC1. The van der Waals surface area contributed by atoms with E-state index in [2.05, 4.69) is 25.4 Å². The average Bonchev–Trinajstić information content (AvgIpc) is 3.34. The molecule has 0 aliphatic carbocycles. The van der Waals surface area contributed by atoms with E-state index in [1.807, 2.05) is 11.9 Å². The third kappa shape index (κ3) is 4.82. The number of nitrogens with zero attached hydrogens (tertiary/aromatic N) is 5. The first kappa shape index (κ1) is 23.2. The number of hydrogen-bond donors (Lipinski definition) is 3. The zero-order valence-electron chi connectivity index (χ0n) is 19.3. The number of furan rings is 1. The van der Waals surface area contributed by atoms with Crippen LogP contribution in [0, 0.1) is 10.7 Å². The Kier molecular flexibility index (Phi) is 6.21. The number of fused-ring (bicyclic) bond motifs is 1. The van der Waals surface area contributed by atoms with Gasteiger partial charge in [0.05, 0.1) is 11.2 Å². The van der Waals surface area contributed by atoms with Crippen LogP contribution in [0.3, 0.4) is 0 Å². The van der Waals surface area contributed by atoms with Gasteiger partial charge >= 0.3 is 0 Å². The molecule has 0 saturated carbocycles. The van der Waals surface area contributed by atoms with E-state index in [1.54, 1.807) is 30.4 Å². The molecular weight excluding hydrogens is 467 g/mol. The van der Waals surface area contributed by atoms with Crippen LogP contribution in [0.1, 0.15) is 11.6 Å². The number of phenols is 2. The van der Waals surface area contributed by atoms with Crippen molar-refractivity contribution in [1.82, 2.24) is 14.9 Å². The lowest BCUT2D eigenvalue weighted by Gasteiger charge is -2.34. The molecule has 1 aliphatic heterocycles. The van der Waals surface area contributed by atoms with Crippen molar-refractivity contribution in [3.63, 3.8) is 0 Å². The van der Waals surface area contributed by atoms with E-state index >= 15 is 4.39 Å². The number of piperazine rings is 1. The van der Waals surface area contributed by atoms with Gasteiger partial charge in [0, 0.05) is 54.6 Å². The number of likely N-dealkylation sites (N-methyl/N-ethyl adjacent to an activating group) is 1. The van der Waals surface area contributed by atoms with E-state index in [0.29, 0.717) is 52.8 Å². The molecule has 184 valence electrons. The topological polar surface area (TPSA) is 127 Å². The van der Waals surface area contributed by atoms with Gasteiger partial charge in [-0.2, -0.15) is 0 Å². The fourth-order valence-electron chi connectivity index (χ4n) is 3.99. The van der Waals surface area contributed by atoms with E-state index < -0.39 is 0 Å². The third-order valence-corrected chi connectivity index (χ3v) is 5.96. The fraction of sp³-hybridized carbons (Fsp3) is 0.200. The first-order valence-corrected chi connectivity index (χ1v) is 11.2. The second kappa shape index (κ2) is 9.62. The summed E-state index contributed by atoms with van der Waals surface area (Å²) in [6.45, 7) is 3.04. The maximum Gasteiger partial charge on any atom is 0.260 e. The highest BCUT2D eigenvalue weighted by Gasteiger charge is 2.20. The van der Waals surface area contributed by atoms with Crippen LogP contribution in [-0.4, -0.2) is 58.3 Å². The van der Waals surface area contributed by atoms with Crippen LogP contribution in [-0.2, 0) is 0 Å². The fourth-order valence-corrected chi connectivity index (χ4v) is 3.99. The molecule has 10 nitrogen and oxygen atoms in total. The van der Waals surface area contributed by atoms with E-state index in [0.717, 1.165) is 13.1 Å². The lowest BCUT2D eigenvalue weighted by Crippen LogP contribution is -2.44. The summed E-state index contributed by atoms with van der Waals surface area (Å²) < 4.78 is 20.5. The van der Waals surface area contributed by atoms with E-state index in [-0.39, 0.29) is 23.2 Å². The molecule has 0 amide bonds.